The molecule has 2 heterocycles. The number of hydrogen-bond donors (Lipinski definition) is 2. The van der Waals surface area contributed by atoms with Crippen LogP contribution in [0.15, 0.2) is 42.5 Å². The molecule has 2 N–H and O–H groups in total. The number of nitrogens with zero attached hydrogens (tertiary/aromatic N) is 4. The van der Waals surface area contributed by atoms with Crippen molar-refractivity contribution in [3.63, 3.8) is 0 Å². The van der Waals surface area contributed by atoms with Crippen LogP contribution in [0.5, 0.6) is 11.5 Å². The van der Waals surface area contributed by atoms with Crippen LogP contribution in [-0.2, 0) is 0 Å². The van der Waals surface area contributed by atoms with Gasteiger partial charge in [0.05, 0.1) is 19.9 Å². The Balaban J connectivity index is 1.54. The van der Waals surface area contributed by atoms with Crippen LogP contribution < -0.4 is 20.1 Å². The molecule has 1 amide bonds. The molecule has 4 aromatic rings. The first-order valence-corrected chi connectivity index (χ1v) is 10.3. The quantitative estimate of drug-likeness (QED) is 0.443. The van der Waals surface area contributed by atoms with Gasteiger partial charge in [-0.3, -0.25) is 10.1 Å². The lowest BCUT2D eigenvalue weighted by Crippen LogP contribution is -2.34. The van der Waals surface area contributed by atoms with E-state index in [2.05, 4.69) is 25.9 Å². The highest BCUT2D eigenvalue weighted by molar-refractivity contribution is 7.80. The Labute approximate surface area is 187 Å². The Morgan fingerprint density at radius 1 is 1.10 bits per heavy atom. The minimum Gasteiger partial charge on any atom is -0.497 e. The standard InChI is InChI=1S/C20H18N6O3S2/c1-11-23-24-20-26(11)25-18(31-20)15-6-4-5-7-16(15)21-19(30)22-17(27)12-8-13(28-2)10-14(9-12)29-3/h4-10H,1-3H3,(H2,21,22,27,30). The van der Waals surface area contributed by atoms with Gasteiger partial charge in [0, 0.05) is 17.2 Å². The van der Waals surface area contributed by atoms with E-state index < -0.39 is 0 Å². The van der Waals surface area contributed by atoms with Crippen LogP contribution in [0, 0.1) is 6.92 Å². The Hall–Kier alpha value is -3.57. The Bertz CT molecular complexity index is 1260. The number of hydrogen-bond acceptors (Lipinski definition) is 8. The summed E-state index contributed by atoms with van der Waals surface area (Å²) in [7, 11) is 3.04. The van der Waals surface area contributed by atoms with Crippen LogP contribution in [0.2, 0.25) is 0 Å². The molecule has 4 rings (SSSR count). The third-order valence-electron chi connectivity index (χ3n) is 4.39. The minimum atomic E-state index is -0.387. The summed E-state index contributed by atoms with van der Waals surface area (Å²) in [5, 5.41) is 19.3. The van der Waals surface area contributed by atoms with Gasteiger partial charge in [-0.25, -0.2) is 0 Å². The van der Waals surface area contributed by atoms with Gasteiger partial charge < -0.3 is 14.8 Å². The number of benzene rings is 2. The summed E-state index contributed by atoms with van der Waals surface area (Å²) in [6.45, 7) is 1.84. The molecular formula is C20H18N6O3S2. The van der Waals surface area contributed by atoms with Gasteiger partial charge in [-0.15, -0.1) is 10.2 Å². The Morgan fingerprint density at radius 3 is 2.48 bits per heavy atom. The molecule has 0 bridgehead atoms. The van der Waals surface area contributed by atoms with Crippen molar-refractivity contribution in [2.24, 2.45) is 0 Å². The van der Waals surface area contributed by atoms with E-state index in [9.17, 15) is 4.79 Å². The molecule has 0 aliphatic heterocycles. The molecule has 9 nitrogen and oxygen atoms in total. The van der Waals surface area contributed by atoms with Gasteiger partial charge in [0.2, 0.25) is 4.96 Å². The summed E-state index contributed by atoms with van der Waals surface area (Å²) in [5.74, 6) is 1.33. The molecule has 0 fully saturated rings. The van der Waals surface area contributed by atoms with E-state index >= 15 is 0 Å². The zero-order valence-electron chi connectivity index (χ0n) is 16.9. The number of aromatic nitrogens is 4. The summed E-state index contributed by atoms with van der Waals surface area (Å²) >= 11 is 6.77. The van der Waals surface area contributed by atoms with Crippen molar-refractivity contribution in [2.75, 3.05) is 19.5 Å². The second-order valence-corrected chi connectivity index (χ2v) is 7.77. The largest absolute Gasteiger partial charge is 0.497 e. The van der Waals surface area contributed by atoms with Crippen molar-refractivity contribution >= 4 is 45.2 Å². The molecule has 2 aromatic heterocycles. The summed E-state index contributed by atoms with van der Waals surface area (Å²) in [5.41, 5.74) is 1.90. The highest BCUT2D eigenvalue weighted by Crippen LogP contribution is 2.31. The highest BCUT2D eigenvalue weighted by atomic mass is 32.1. The summed E-state index contributed by atoms with van der Waals surface area (Å²) in [6.07, 6.45) is 0. The fraction of sp³-hybridized carbons (Fsp3) is 0.150. The summed E-state index contributed by atoms with van der Waals surface area (Å²) in [4.78, 5) is 13.4. The van der Waals surface area contributed by atoms with E-state index in [0.717, 1.165) is 10.6 Å². The van der Waals surface area contributed by atoms with Gasteiger partial charge in [-0.2, -0.15) is 9.61 Å². The lowest BCUT2D eigenvalue weighted by molar-refractivity contribution is 0.0977. The summed E-state index contributed by atoms with van der Waals surface area (Å²) < 4.78 is 12.1. The monoisotopic (exact) mass is 454 g/mol. The predicted molar refractivity (Wildman–Crippen MR) is 122 cm³/mol. The molecule has 11 heteroatoms. The molecule has 31 heavy (non-hydrogen) atoms. The molecule has 0 aliphatic rings. The average Bonchev–Trinajstić information content (AvgIpc) is 3.35. The Morgan fingerprint density at radius 2 is 1.81 bits per heavy atom. The van der Waals surface area contributed by atoms with E-state index in [4.69, 9.17) is 21.7 Å². The van der Waals surface area contributed by atoms with Crippen molar-refractivity contribution in [2.45, 2.75) is 6.92 Å². The summed E-state index contributed by atoms with van der Waals surface area (Å²) in [6, 6.07) is 12.4. The van der Waals surface area contributed by atoms with Gasteiger partial charge in [0.1, 0.15) is 16.5 Å². The lowest BCUT2D eigenvalue weighted by Gasteiger charge is -2.13. The van der Waals surface area contributed by atoms with Gasteiger partial charge in [0.15, 0.2) is 10.9 Å². The lowest BCUT2D eigenvalue weighted by atomic mass is 10.2. The maximum absolute atomic E-state index is 12.7. The highest BCUT2D eigenvalue weighted by Gasteiger charge is 2.16. The smallest absolute Gasteiger partial charge is 0.257 e. The predicted octanol–water partition coefficient (Wildman–Crippen LogP) is 3.31. The topological polar surface area (TPSA) is 103 Å². The van der Waals surface area contributed by atoms with Gasteiger partial charge >= 0.3 is 0 Å². The molecular weight excluding hydrogens is 436 g/mol. The first-order chi connectivity index (χ1) is 15.0. The van der Waals surface area contributed by atoms with Crippen molar-refractivity contribution in [3.05, 3.63) is 53.9 Å². The number of anilines is 1. The normalized spacial score (nSPS) is 10.7. The van der Waals surface area contributed by atoms with E-state index in [-0.39, 0.29) is 11.0 Å². The number of para-hydroxylation sites is 1. The van der Waals surface area contributed by atoms with Gasteiger partial charge in [-0.05, 0) is 43.4 Å². The molecule has 0 saturated heterocycles. The third kappa shape index (κ3) is 4.32. The number of carbonyl (C=O) groups excluding carboxylic acids is 1. The van der Waals surface area contributed by atoms with Crippen molar-refractivity contribution in [3.8, 4) is 22.1 Å². The third-order valence-corrected chi connectivity index (χ3v) is 5.53. The fourth-order valence-electron chi connectivity index (χ4n) is 2.87. The number of aryl methyl sites for hydroxylation is 1. The number of nitrogens with one attached hydrogen (secondary N) is 2. The zero-order valence-corrected chi connectivity index (χ0v) is 18.5. The number of fused-ring (bicyclic) bond motifs is 1. The Kier molecular flexibility index (Phi) is 5.78. The van der Waals surface area contributed by atoms with Crippen molar-refractivity contribution < 1.29 is 14.3 Å². The number of methoxy groups -OCH3 is 2. The van der Waals surface area contributed by atoms with Crippen LogP contribution in [0.3, 0.4) is 0 Å². The van der Waals surface area contributed by atoms with Crippen molar-refractivity contribution in [1.29, 1.82) is 0 Å². The van der Waals surface area contributed by atoms with Crippen LogP contribution in [0.1, 0.15) is 16.2 Å². The van der Waals surface area contributed by atoms with E-state index in [1.165, 1.54) is 25.6 Å². The molecule has 0 aliphatic carbocycles. The molecule has 0 saturated carbocycles. The minimum absolute atomic E-state index is 0.151. The average molecular weight is 455 g/mol. The number of carbonyl (C=O) groups is 1. The number of thiocarbonyl (C=S) groups is 1. The van der Waals surface area contributed by atoms with Crippen LogP contribution in [0.4, 0.5) is 5.69 Å². The molecule has 0 spiro atoms. The van der Waals surface area contributed by atoms with Gasteiger partial charge in [0.25, 0.3) is 5.91 Å². The van der Waals surface area contributed by atoms with E-state index in [0.29, 0.717) is 33.5 Å². The molecule has 0 atom stereocenters. The number of ether oxygens (including phenoxy) is 2. The van der Waals surface area contributed by atoms with Crippen LogP contribution in [-0.4, -0.2) is 45.1 Å². The van der Waals surface area contributed by atoms with Crippen LogP contribution in [0.25, 0.3) is 15.5 Å². The second kappa shape index (κ2) is 8.66. The van der Waals surface area contributed by atoms with E-state index in [1.807, 2.05) is 31.2 Å². The SMILES string of the molecule is COc1cc(OC)cc(C(=O)NC(=S)Nc2ccccc2-c2nn3c(C)nnc3s2)c1. The maximum atomic E-state index is 12.7. The van der Waals surface area contributed by atoms with E-state index in [1.54, 1.807) is 22.7 Å². The number of rotatable bonds is 5. The first-order valence-electron chi connectivity index (χ1n) is 9.12. The second-order valence-electron chi connectivity index (χ2n) is 6.40. The van der Waals surface area contributed by atoms with Gasteiger partial charge in [-0.1, -0.05) is 23.5 Å². The first kappa shape index (κ1) is 20.7. The zero-order chi connectivity index (χ0) is 22.0. The fourth-order valence-corrected chi connectivity index (χ4v) is 4.00. The molecule has 0 radical (unpaired) electrons. The van der Waals surface area contributed by atoms with Crippen LogP contribution >= 0.6 is 23.6 Å². The molecule has 2 aromatic carbocycles. The number of amides is 1. The molecule has 158 valence electrons. The molecule has 0 unspecified atom stereocenters. The maximum Gasteiger partial charge on any atom is 0.257 e. The van der Waals surface area contributed by atoms with Crippen molar-refractivity contribution in [1.82, 2.24) is 25.1 Å².